The highest BCUT2D eigenvalue weighted by molar-refractivity contribution is 6.00. The number of hydrazone groups is 1. The Morgan fingerprint density at radius 1 is 1.03 bits per heavy atom. The first-order chi connectivity index (χ1) is 16.7. The number of amides is 1. The Kier molecular flexibility index (Phi) is 6.44. The van der Waals surface area contributed by atoms with Crippen molar-refractivity contribution in [3.63, 3.8) is 0 Å². The van der Waals surface area contributed by atoms with Crippen molar-refractivity contribution in [2.75, 3.05) is 0 Å². The SMILES string of the molecule is Cc1c(C)c(C)c(Cn2ccc3c(/C=N/NC(=O)c4ccc(O)c(C#N)c4)cccc32)c(C)c1C. The molecule has 0 aliphatic rings. The average molecular weight is 465 g/mol. The van der Waals surface area contributed by atoms with Crippen molar-refractivity contribution in [2.24, 2.45) is 5.10 Å². The van der Waals surface area contributed by atoms with Gasteiger partial charge in [0.25, 0.3) is 5.91 Å². The molecule has 1 aromatic heterocycles. The number of benzene rings is 3. The van der Waals surface area contributed by atoms with E-state index in [9.17, 15) is 9.90 Å². The summed E-state index contributed by atoms with van der Waals surface area (Å²) in [7, 11) is 0. The zero-order chi connectivity index (χ0) is 25.3. The lowest BCUT2D eigenvalue weighted by atomic mass is 9.89. The van der Waals surface area contributed by atoms with Gasteiger partial charge >= 0.3 is 0 Å². The number of nitriles is 1. The third-order valence-electron chi connectivity index (χ3n) is 7.08. The second kappa shape index (κ2) is 9.47. The lowest BCUT2D eigenvalue weighted by Gasteiger charge is -2.19. The van der Waals surface area contributed by atoms with E-state index in [0.717, 1.165) is 23.0 Å². The maximum absolute atomic E-state index is 12.4. The Hall–Kier alpha value is -4.37. The van der Waals surface area contributed by atoms with Gasteiger partial charge in [-0.25, -0.2) is 5.43 Å². The van der Waals surface area contributed by atoms with Crippen LogP contribution in [0.1, 0.15) is 54.9 Å². The lowest BCUT2D eigenvalue weighted by Crippen LogP contribution is -2.17. The number of hydrogen-bond acceptors (Lipinski definition) is 4. The van der Waals surface area contributed by atoms with Gasteiger partial charge in [0, 0.05) is 34.8 Å². The highest BCUT2D eigenvalue weighted by Gasteiger charge is 2.14. The first-order valence-electron chi connectivity index (χ1n) is 11.4. The number of nitrogens with one attached hydrogen (secondary N) is 1. The quantitative estimate of drug-likeness (QED) is 0.299. The van der Waals surface area contributed by atoms with Crippen LogP contribution in [-0.4, -0.2) is 21.8 Å². The van der Waals surface area contributed by atoms with E-state index in [1.165, 1.54) is 51.6 Å². The standard InChI is InChI=1S/C29H28N4O2/c1-17-18(2)20(4)26(21(5)19(17)3)16-33-12-11-25-23(7-6-8-27(25)33)15-31-32-29(35)22-9-10-28(34)24(13-22)14-30/h6-13,15,34H,16H2,1-5H3,(H,32,35)/b31-15+. The molecule has 0 saturated carbocycles. The van der Waals surface area contributed by atoms with Crippen molar-refractivity contribution in [2.45, 2.75) is 41.2 Å². The number of aromatic hydroxyl groups is 1. The molecule has 1 amide bonds. The summed E-state index contributed by atoms with van der Waals surface area (Å²) in [5.41, 5.74) is 12.8. The van der Waals surface area contributed by atoms with E-state index in [1.807, 2.05) is 18.2 Å². The van der Waals surface area contributed by atoms with Crippen molar-refractivity contribution < 1.29 is 9.90 Å². The van der Waals surface area contributed by atoms with Gasteiger partial charge in [-0.05, 0) is 98.3 Å². The van der Waals surface area contributed by atoms with Crippen LogP contribution in [0.4, 0.5) is 0 Å². The van der Waals surface area contributed by atoms with Crippen LogP contribution in [0.2, 0.25) is 0 Å². The highest BCUT2D eigenvalue weighted by atomic mass is 16.3. The maximum atomic E-state index is 12.4. The predicted octanol–water partition coefficient (Wildman–Crippen LogP) is 5.57. The highest BCUT2D eigenvalue weighted by Crippen LogP contribution is 2.28. The van der Waals surface area contributed by atoms with E-state index in [-0.39, 0.29) is 16.9 Å². The van der Waals surface area contributed by atoms with Crippen LogP contribution in [0.3, 0.4) is 0 Å². The van der Waals surface area contributed by atoms with E-state index >= 15 is 0 Å². The average Bonchev–Trinajstić information content (AvgIpc) is 3.28. The second-order valence-corrected chi connectivity index (χ2v) is 8.87. The molecule has 0 fully saturated rings. The molecule has 35 heavy (non-hydrogen) atoms. The van der Waals surface area contributed by atoms with Gasteiger partial charge in [-0.15, -0.1) is 0 Å². The van der Waals surface area contributed by atoms with Crippen LogP contribution in [-0.2, 0) is 6.54 Å². The molecule has 0 saturated heterocycles. The van der Waals surface area contributed by atoms with Crippen LogP contribution < -0.4 is 5.43 Å². The van der Waals surface area contributed by atoms with Gasteiger partial charge in [-0.2, -0.15) is 10.4 Å². The molecule has 6 nitrogen and oxygen atoms in total. The summed E-state index contributed by atoms with van der Waals surface area (Å²) in [6.07, 6.45) is 3.71. The van der Waals surface area contributed by atoms with Crippen molar-refractivity contribution in [1.82, 2.24) is 9.99 Å². The molecule has 4 aromatic rings. The molecule has 0 radical (unpaired) electrons. The number of phenols is 1. The van der Waals surface area contributed by atoms with Gasteiger partial charge in [-0.1, -0.05) is 12.1 Å². The summed E-state index contributed by atoms with van der Waals surface area (Å²) in [5.74, 6) is -0.622. The van der Waals surface area contributed by atoms with Crippen LogP contribution in [0.15, 0.2) is 53.8 Å². The van der Waals surface area contributed by atoms with Crippen molar-refractivity contribution in [3.8, 4) is 11.8 Å². The fraction of sp³-hybridized carbons (Fsp3) is 0.207. The molecule has 0 spiro atoms. The first kappa shape index (κ1) is 23.8. The fourth-order valence-electron chi connectivity index (χ4n) is 4.47. The van der Waals surface area contributed by atoms with Crippen molar-refractivity contribution in [1.29, 1.82) is 5.26 Å². The number of rotatable bonds is 5. The molecule has 0 unspecified atom stereocenters. The topological polar surface area (TPSA) is 90.4 Å². The van der Waals surface area contributed by atoms with Crippen LogP contribution in [0.5, 0.6) is 5.75 Å². The molecule has 0 aliphatic heterocycles. The first-order valence-corrected chi connectivity index (χ1v) is 11.4. The van der Waals surface area contributed by atoms with Crippen LogP contribution in [0.25, 0.3) is 10.9 Å². The van der Waals surface area contributed by atoms with E-state index in [1.54, 1.807) is 6.21 Å². The van der Waals surface area contributed by atoms with E-state index in [0.29, 0.717) is 0 Å². The van der Waals surface area contributed by atoms with Gasteiger partial charge in [0.2, 0.25) is 0 Å². The second-order valence-electron chi connectivity index (χ2n) is 8.87. The minimum atomic E-state index is -0.460. The smallest absolute Gasteiger partial charge is 0.271 e. The van der Waals surface area contributed by atoms with E-state index in [4.69, 9.17) is 5.26 Å². The van der Waals surface area contributed by atoms with Crippen molar-refractivity contribution in [3.05, 3.63) is 98.7 Å². The Morgan fingerprint density at radius 3 is 2.40 bits per heavy atom. The Morgan fingerprint density at radius 2 is 1.71 bits per heavy atom. The maximum Gasteiger partial charge on any atom is 0.271 e. The van der Waals surface area contributed by atoms with Gasteiger partial charge in [0.05, 0.1) is 11.8 Å². The summed E-state index contributed by atoms with van der Waals surface area (Å²) < 4.78 is 2.24. The molecular formula is C29H28N4O2. The zero-order valence-corrected chi connectivity index (χ0v) is 20.6. The zero-order valence-electron chi connectivity index (χ0n) is 20.6. The molecule has 1 heterocycles. The van der Waals surface area contributed by atoms with Gasteiger partial charge in [0.1, 0.15) is 11.8 Å². The Balaban J connectivity index is 1.59. The number of fused-ring (bicyclic) bond motifs is 1. The number of carbonyl (C=O) groups is 1. The number of aromatic nitrogens is 1. The predicted molar refractivity (Wildman–Crippen MR) is 139 cm³/mol. The Bertz CT molecular complexity index is 1510. The molecule has 3 aromatic carbocycles. The van der Waals surface area contributed by atoms with Crippen molar-refractivity contribution >= 4 is 23.0 Å². The summed E-state index contributed by atoms with van der Waals surface area (Å²) in [6, 6.07) is 14.0. The van der Waals surface area contributed by atoms with Gasteiger partial charge in [0.15, 0.2) is 0 Å². The normalized spacial score (nSPS) is 11.2. The van der Waals surface area contributed by atoms with Gasteiger partial charge < -0.3 is 9.67 Å². The largest absolute Gasteiger partial charge is 0.507 e. The molecule has 0 aliphatic carbocycles. The third-order valence-corrected chi connectivity index (χ3v) is 7.08. The monoisotopic (exact) mass is 464 g/mol. The van der Waals surface area contributed by atoms with Crippen LogP contribution in [0, 0.1) is 45.9 Å². The van der Waals surface area contributed by atoms with E-state index < -0.39 is 5.91 Å². The van der Waals surface area contributed by atoms with E-state index in [2.05, 4.69) is 68.0 Å². The molecular weight excluding hydrogens is 436 g/mol. The molecule has 6 heteroatoms. The summed E-state index contributed by atoms with van der Waals surface area (Å²) in [6.45, 7) is 11.7. The molecule has 4 rings (SSSR count). The fourth-order valence-corrected chi connectivity index (χ4v) is 4.47. The summed E-state index contributed by atoms with van der Waals surface area (Å²) in [4.78, 5) is 12.4. The van der Waals surface area contributed by atoms with Crippen LogP contribution >= 0.6 is 0 Å². The minimum absolute atomic E-state index is 0.0391. The molecule has 176 valence electrons. The minimum Gasteiger partial charge on any atom is -0.507 e. The number of carbonyl (C=O) groups excluding carboxylic acids is 1. The lowest BCUT2D eigenvalue weighted by molar-refractivity contribution is 0.0955. The number of hydrogen-bond donors (Lipinski definition) is 2. The Labute approximate surface area is 205 Å². The molecule has 2 N–H and O–H groups in total. The molecule has 0 atom stereocenters. The van der Waals surface area contributed by atoms with Gasteiger partial charge in [-0.3, -0.25) is 4.79 Å². The third kappa shape index (κ3) is 4.41. The summed E-state index contributed by atoms with van der Waals surface area (Å²) >= 11 is 0. The summed E-state index contributed by atoms with van der Waals surface area (Å²) in [5, 5.41) is 23.8. The number of nitrogens with zero attached hydrogens (tertiary/aromatic N) is 3. The number of phenolic OH excluding ortho intramolecular Hbond substituents is 1. The molecule has 0 bridgehead atoms.